The van der Waals surface area contributed by atoms with Crippen LogP contribution in [-0.4, -0.2) is 11.7 Å². The molecule has 0 unspecified atom stereocenters. The van der Waals surface area contributed by atoms with E-state index < -0.39 is 0 Å². The van der Waals surface area contributed by atoms with Crippen molar-refractivity contribution in [2.24, 2.45) is 0 Å². The number of rotatable bonds is 4. The number of phenols is 1. The minimum Gasteiger partial charge on any atom is -0.508 e. The second-order valence-corrected chi connectivity index (χ2v) is 4.47. The highest BCUT2D eigenvalue weighted by Gasteiger charge is 2.09. The van der Waals surface area contributed by atoms with Crippen molar-refractivity contribution in [1.82, 2.24) is 5.32 Å². The highest BCUT2D eigenvalue weighted by atomic mass is 79.9. The van der Waals surface area contributed by atoms with Crippen LogP contribution in [0, 0.1) is 11.8 Å². The van der Waals surface area contributed by atoms with Crippen molar-refractivity contribution >= 4 is 15.9 Å². The molecule has 1 aromatic rings. The van der Waals surface area contributed by atoms with Gasteiger partial charge in [0.2, 0.25) is 0 Å². The Kier molecular flexibility index (Phi) is 5.37. The molecule has 1 rings (SSSR count). The molecule has 0 aromatic heterocycles. The molecule has 0 bridgehead atoms. The number of nitrogens with one attached hydrogen (secondary N) is 1. The van der Waals surface area contributed by atoms with Gasteiger partial charge in [0.15, 0.2) is 0 Å². The van der Waals surface area contributed by atoms with E-state index >= 15 is 0 Å². The van der Waals surface area contributed by atoms with Gasteiger partial charge in [0, 0.05) is 29.0 Å². The first-order valence-electron chi connectivity index (χ1n) is 5.26. The zero-order chi connectivity index (χ0) is 12.0. The standard InChI is InChI=1S/C13H16BrNO/c1-3-4-5-8-15-10(2)12-9-11(14)6-7-13(12)16/h6-7,9-10,15-16H,5,8H2,1-2H3/t10-/m0/s1. The van der Waals surface area contributed by atoms with Gasteiger partial charge in [0.1, 0.15) is 5.75 Å². The van der Waals surface area contributed by atoms with Gasteiger partial charge in [-0.1, -0.05) is 15.9 Å². The van der Waals surface area contributed by atoms with E-state index in [2.05, 4.69) is 33.1 Å². The van der Waals surface area contributed by atoms with Crippen molar-refractivity contribution in [3.63, 3.8) is 0 Å². The van der Waals surface area contributed by atoms with E-state index in [4.69, 9.17) is 0 Å². The molecule has 0 fully saturated rings. The fourth-order valence-electron chi connectivity index (χ4n) is 1.46. The van der Waals surface area contributed by atoms with Crippen molar-refractivity contribution < 1.29 is 5.11 Å². The Hall–Kier alpha value is -0.980. The Bertz CT molecular complexity index is 406. The zero-order valence-corrected chi connectivity index (χ0v) is 11.1. The highest BCUT2D eigenvalue weighted by molar-refractivity contribution is 9.10. The first kappa shape index (κ1) is 13.1. The van der Waals surface area contributed by atoms with E-state index in [1.54, 1.807) is 6.07 Å². The van der Waals surface area contributed by atoms with Crippen LogP contribution in [0.5, 0.6) is 5.75 Å². The van der Waals surface area contributed by atoms with Crippen LogP contribution in [0.2, 0.25) is 0 Å². The van der Waals surface area contributed by atoms with E-state index in [1.165, 1.54) is 0 Å². The zero-order valence-electron chi connectivity index (χ0n) is 9.55. The molecule has 1 aromatic carbocycles. The van der Waals surface area contributed by atoms with Crippen LogP contribution in [0.15, 0.2) is 22.7 Å². The maximum atomic E-state index is 9.72. The molecule has 0 aliphatic heterocycles. The third-order valence-corrected chi connectivity index (χ3v) is 2.83. The molecule has 0 aliphatic rings. The quantitative estimate of drug-likeness (QED) is 0.656. The summed E-state index contributed by atoms with van der Waals surface area (Å²) >= 11 is 3.40. The monoisotopic (exact) mass is 281 g/mol. The maximum absolute atomic E-state index is 9.72. The molecule has 16 heavy (non-hydrogen) atoms. The summed E-state index contributed by atoms with van der Waals surface area (Å²) in [5.41, 5.74) is 0.902. The predicted octanol–water partition coefficient (Wildman–Crippen LogP) is 3.22. The smallest absolute Gasteiger partial charge is 0.120 e. The summed E-state index contributed by atoms with van der Waals surface area (Å²) in [5, 5.41) is 13.0. The third-order valence-electron chi connectivity index (χ3n) is 2.33. The molecular weight excluding hydrogens is 266 g/mol. The Morgan fingerprint density at radius 3 is 2.94 bits per heavy atom. The van der Waals surface area contributed by atoms with Gasteiger partial charge in [0.05, 0.1) is 0 Å². The summed E-state index contributed by atoms with van der Waals surface area (Å²) in [6.45, 7) is 4.69. The summed E-state index contributed by atoms with van der Waals surface area (Å²) < 4.78 is 0.974. The summed E-state index contributed by atoms with van der Waals surface area (Å²) in [4.78, 5) is 0. The van der Waals surface area contributed by atoms with Crippen LogP contribution in [0.4, 0.5) is 0 Å². The largest absolute Gasteiger partial charge is 0.508 e. The number of aromatic hydroxyl groups is 1. The second-order valence-electron chi connectivity index (χ2n) is 3.56. The third kappa shape index (κ3) is 3.88. The van der Waals surface area contributed by atoms with Crippen molar-refractivity contribution in [3.05, 3.63) is 28.2 Å². The number of halogens is 1. The van der Waals surface area contributed by atoms with E-state index in [0.29, 0.717) is 5.75 Å². The van der Waals surface area contributed by atoms with Gasteiger partial charge < -0.3 is 10.4 Å². The van der Waals surface area contributed by atoms with E-state index in [-0.39, 0.29) is 6.04 Å². The topological polar surface area (TPSA) is 32.3 Å². The molecule has 0 heterocycles. The maximum Gasteiger partial charge on any atom is 0.120 e. The molecule has 0 radical (unpaired) electrons. The van der Waals surface area contributed by atoms with Gasteiger partial charge in [-0.05, 0) is 32.0 Å². The number of hydrogen-bond acceptors (Lipinski definition) is 2. The SMILES string of the molecule is CC#CCCN[C@@H](C)c1cc(Br)ccc1O. The van der Waals surface area contributed by atoms with Gasteiger partial charge >= 0.3 is 0 Å². The Balaban J connectivity index is 2.60. The lowest BCUT2D eigenvalue weighted by Crippen LogP contribution is -2.19. The summed E-state index contributed by atoms with van der Waals surface area (Å²) in [5.74, 6) is 6.18. The van der Waals surface area contributed by atoms with Crippen molar-refractivity contribution in [2.75, 3.05) is 6.54 Å². The highest BCUT2D eigenvalue weighted by Crippen LogP contribution is 2.27. The molecule has 0 saturated carbocycles. The van der Waals surface area contributed by atoms with Gasteiger partial charge in [-0.15, -0.1) is 11.8 Å². The molecule has 0 amide bonds. The lowest BCUT2D eigenvalue weighted by atomic mass is 10.1. The Labute approximate surface area is 105 Å². The molecule has 1 atom stereocenters. The molecule has 2 N–H and O–H groups in total. The Morgan fingerprint density at radius 1 is 1.50 bits per heavy atom. The number of benzene rings is 1. The van der Waals surface area contributed by atoms with Crippen LogP contribution in [0.3, 0.4) is 0 Å². The van der Waals surface area contributed by atoms with E-state index in [1.807, 2.05) is 26.0 Å². The number of hydrogen-bond donors (Lipinski definition) is 2. The van der Waals surface area contributed by atoms with Crippen molar-refractivity contribution in [2.45, 2.75) is 26.3 Å². The first-order valence-corrected chi connectivity index (χ1v) is 6.06. The van der Waals surface area contributed by atoms with Crippen LogP contribution >= 0.6 is 15.9 Å². The molecule has 0 saturated heterocycles. The van der Waals surface area contributed by atoms with Crippen LogP contribution < -0.4 is 5.32 Å². The molecule has 86 valence electrons. The predicted molar refractivity (Wildman–Crippen MR) is 70.3 cm³/mol. The van der Waals surface area contributed by atoms with E-state index in [0.717, 1.165) is 23.0 Å². The van der Waals surface area contributed by atoms with E-state index in [9.17, 15) is 5.11 Å². The van der Waals surface area contributed by atoms with Crippen LogP contribution in [-0.2, 0) is 0 Å². The average Bonchev–Trinajstić information content (AvgIpc) is 2.27. The summed E-state index contributed by atoms with van der Waals surface area (Å²) in [6, 6.07) is 5.58. The summed E-state index contributed by atoms with van der Waals surface area (Å²) in [6.07, 6.45) is 0.829. The number of phenolic OH excluding ortho intramolecular Hbond substituents is 1. The van der Waals surface area contributed by atoms with Gasteiger partial charge in [-0.3, -0.25) is 0 Å². The minimum absolute atomic E-state index is 0.121. The molecule has 0 aliphatic carbocycles. The Morgan fingerprint density at radius 2 is 2.25 bits per heavy atom. The fraction of sp³-hybridized carbons (Fsp3) is 0.385. The lowest BCUT2D eigenvalue weighted by molar-refractivity contribution is 0.453. The second kappa shape index (κ2) is 6.57. The average molecular weight is 282 g/mol. The summed E-state index contributed by atoms with van der Waals surface area (Å²) in [7, 11) is 0. The molecule has 0 spiro atoms. The molecular formula is C13H16BrNO. The van der Waals surface area contributed by atoms with Crippen LogP contribution in [0.1, 0.15) is 31.9 Å². The van der Waals surface area contributed by atoms with Crippen molar-refractivity contribution in [3.8, 4) is 17.6 Å². The molecule has 2 nitrogen and oxygen atoms in total. The normalized spacial score (nSPS) is 11.7. The lowest BCUT2D eigenvalue weighted by Gasteiger charge is -2.15. The minimum atomic E-state index is 0.121. The van der Waals surface area contributed by atoms with Gasteiger partial charge in [0.25, 0.3) is 0 Å². The van der Waals surface area contributed by atoms with Crippen LogP contribution in [0.25, 0.3) is 0 Å². The van der Waals surface area contributed by atoms with Crippen molar-refractivity contribution in [1.29, 1.82) is 0 Å². The van der Waals surface area contributed by atoms with Gasteiger partial charge in [-0.2, -0.15) is 0 Å². The molecule has 3 heteroatoms. The fourth-order valence-corrected chi connectivity index (χ4v) is 1.84. The first-order chi connectivity index (χ1) is 7.65. The van der Waals surface area contributed by atoms with Gasteiger partial charge in [-0.25, -0.2) is 0 Å².